The van der Waals surface area contributed by atoms with E-state index in [0.29, 0.717) is 6.61 Å². The quantitative estimate of drug-likeness (QED) is 0.493. The molecule has 1 aliphatic rings. The van der Waals surface area contributed by atoms with E-state index in [-0.39, 0.29) is 11.4 Å². The van der Waals surface area contributed by atoms with Crippen LogP contribution in [0.1, 0.15) is 0 Å². The molecule has 0 spiro atoms. The molecule has 1 rings (SSSR count). The van der Waals surface area contributed by atoms with Crippen molar-refractivity contribution in [1.82, 2.24) is 0 Å². The SMILES string of the molecule is FC1COCC1Br. The lowest BCUT2D eigenvalue weighted by molar-refractivity contribution is 0.173. The zero-order valence-corrected chi connectivity index (χ0v) is 5.32. The molecule has 1 nitrogen and oxygen atoms in total. The molecule has 1 fully saturated rings. The molecule has 0 aromatic heterocycles. The second kappa shape index (κ2) is 2.09. The van der Waals surface area contributed by atoms with Crippen LogP contribution in [0.3, 0.4) is 0 Å². The lowest BCUT2D eigenvalue weighted by Gasteiger charge is -1.95. The van der Waals surface area contributed by atoms with E-state index in [0.717, 1.165) is 0 Å². The van der Waals surface area contributed by atoms with E-state index < -0.39 is 6.17 Å². The van der Waals surface area contributed by atoms with E-state index in [4.69, 9.17) is 4.74 Å². The molecule has 0 radical (unpaired) electrons. The number of rotatable bonds is 0. The van der Waals surface area contributed by atoms with Gasteiger partial charge < -0.3 is 4.74 Å². The molecule has 1 aliphatic heterocycles. The van der Waals surface area contributed by atoms with Crippen molar-refractivity contribution >= 4 is 15.9 Å². The van der Waals surface area contributed by atoms with Crippen molar-refractivity contribution < 1.29 is 9.13 Å². The molecule has 0 aromatic rings. The summed E-state index contributed by atoms with van der Waals surface area (Å²) >= 11 is 3.10. The number of hydrogen-bond acceptors (Lipinski definition) is 1. The summed E-state index contributed by atoms with van der Waals surface area (Å²) in [6, 6.07) is 0. The standard InChI is InChI=1S/C4H6BrFO/c5-3-1-7-2-4(3)6/h3-4H,1-2H2. The van der Waals surface area contributed by atoms with Crippen molar-refractivity contribution in [3.05, 3.63) is 0 Å². The van der Waals surface area contributed by atoms with Crippen LogP contribution in [0.25, 0.3) is 0 Å². The highest BCUT2D eigenvalue weighted by atomic mass is 79.9. The van der Waals surface area contributed by atoms with Crippen molar-refractivity contribution in [2.45, 2.75) is 11.0 Å². The minimum Gasteiger partial charge on any atom is -0.377 e. The Morgan fingerprint density at radius 3 is 2.43 bits per heavy atom. The minimum absolute atomic E-state index is 0.0625. The molecule has 0 N–H and O–H groups in total. The van der Waals surface area contributed by atoms with Gasteiger partial charge in [-0.3, -0.25) is 0 Å². The lowest BCUT2D eigenvalue weighted by Crippen LogP contribution is -2.10. The zero-order chi connectivity index (χ0) is 5.28. The van der Waals surface area contributed by atoms with Crippen molar-refractivity contribution in [2.24, 2.45) is 0 Å². The molecule has 0 bridgehead atoms. The second-order valence-corrected chi connectivity index (χ2v) is 2.75. The number of alkyl halides is 2. The molecule has 0 amide bonds. The summed E-state index contributed by atoms with van der Waals surface area (Å²) in [6.45, 7) is 0.775. The molecular formula is C4H6BrFO. The molecule has 3 heteroatoms. The minimum atomic E-state index is -0.792. The van der Waals surface area contributed by atoms with Crippen LogP contribution in [0, 0.1) is 0 Å². The van der Waals surface area contributed by atoms with Gasteiger partial charge in [0.05, 0.1) is 18.0 Å². The first-order valence-electron chi connectivity index (χ1n) is 2.16. The van der Waals surface area contributed by atoms with Crippen LogP contribution in [-0.4, -0.2) is 24.2 Å². The van der Waals surface area contributed by atoms with Crippen LogP contribution in [-0.2, 0) is 4.74 Å². The van der Waals surface area contributed by atoms with Gasteiger partial charge in [0.15, 0.2) is 0 Å². The topological polar surface area (TPSA) is 9.23 Å². The Kier molecular flexibility index (Phi) is 1.65. The van der Waals surface area contributed by atoms with Gasteiger partial charge in [0.1, 0.15) is 6.17 Å². The maximum absolute atomic E-state index is 12.1. The Morgan fingerprint density at radius 2 is 2.29 bits per heavy atom. The number of hydrogen-bond donors (Lipinski definition) is 0. The largest absolute Gasteiger partial charge is 0.377 e. The molecule has 2 atom stereocenters. The first-order chi connectivity index (χ1) is 3.30. The third-order valence-corrected chi connectivity index (χ3v) is 1.78. The van der Waals surface area contributed by atoms with E-state index in [1.807, 2.05) is 0 Å². The van der Waals surface area contributed by atoms with Crippen molar-refractivity contribution in [3.63, 3.8) is 0 Å². The highest BCUT2D eigenvalue weighted by Crippen LogP contribution is 2.16. The van der Waals surface area contributed by atoms with Crippen LogP contribution in [0.15, 0.2) is 0 Å². The van der Waals surface area contributed by atoms with Gasteiger partial charge in [0, 0.05) is 0 Å². The van der Waals surface area contributed by atoms with Crippen LogP contribution in [0.5, 0.6) is 0 Å². The van der Waals surface area contributed by atoms with Crippen molar-refractivity contribution in [1.29, 1.82) is 0 Å². The van der Waals surface area contributed by atoms with Gasteiger partial charge >= 0.3 is 0 Å². The predicted molar refractivity (Wildman–Crippen MR) is 28.4 cm³/mol. The molecule has 7 heavy (non-hydrogen) atoms. The van der Waals surface area contributed by atoms with E-state index in [1.54, 1.807) is 0 Å². The summed E-state index contributed by atoms with van der Waals surface area (Å²) in [4.78, 5) is -0.0625. The molecule has 1 heterocycles. The predicted octanol–water partition coefficient (Wildman–Crippen LogP) is 1.12. The Morgan fingerprint density at radius 1 is 1.57 bits per heavy atom. The smallest absolute Gasteiger partial charge is 0.138 e. The van der Waals surface area contributed by atoms with Gasteiger partial charge in [-0.05, 0) is 0 Å². The lowest BCUT2D eigenvalue weighted by atomic mass is 10.3. The Bertz CT molecular complexity index is 60.7. The third-order valence-electron chi connectivity index (χ3n) is 0.947. The summed E-state index contributed by atoms with van der Waals surface area (Å²) in [5, 5.41) is 0. The Hall–Kier alpha value is 0.370. The fourth-order valence-electron chi connectivity index (χ4n) is 0.502. The van der Waals surface area contributed by atoms with E-state index in [9.17, 15) is 4.39 Å². The van der Waals surface area contributed by atoms with E-state index in [1.165, 1.54) is 0 Å². The molecule has 1 saturated heterocycles. The number of ether oxygens (including phenoxy) is 1. The van der Waals surface area contributed by atoms with Crippen LogP contribution in [0.4, 0.5) is 4.39 Å². The van der Waals surface area contributed by atoms with Gasteiger partial charge in [-0.2, -0.15) is 0 Å². The second-order valence-electron chi connectivity index (χ2n) is 1.57. The highest BCUT2D eigenvalue weighted by Gasteiger charge is 2.24. The van der Waals surface area contributed by atoms with Gasteiger partial charge in [-0.15, -0.1) is 0 Å². The van der Waals surface area contributed by atoms with Crippen LogP contribution >= 0.6 is 15.9 Å². The average molecular weight is 169 g/mol. The number of halogens is 2. The maximum atomic E-state index is 12.1. The summed E-state index contributed by atoms with van der Waals surface area (Å²) < 4.78 is 16.9. The first-order valence-corrected chi connectivity index (χ1v) is 3.08. The normalized spacial score (nSPS) is 42.0. The summed E-state index contributed by atoms with van der Waals surface area (Å²) in [5.41, 5.74) is 0. The van der Waals surface area contributed by atoms with Gasteiger partial charge in [-0.25, -0.2) is 4.39 Å². The van der Waals surface area contributed by atoms with Gasteiger partial charge in [-0.1, -0.05) is 15.9 Å². The fourth-order valence-corrected chi connectivity index (χ4v) is 0.842. The highest BCUT2D eigenvalue weighted by molar-refractivity contribution is 9.09. The van der Waals surface area contributed by atoms with Crippen LogP contribution < -0.4 is 0 Å². The third kappa shape index (κ3) is 1.13. The zero-order valence-electron chi connectivity index (χ0n) is 3.73. The molecule has 0 aromatic carbocycles. The van der Waals surface area contributed by atoms with E-state index >= 15 is 0 Å². The monoisotopic (exact) mass is 168 g/mol. The summed E-state index contributed by atoms with van der Waals surface area (Å²) in [7, 11) is 0. The van der Waals surface area contributed by atoms with Gasteiger partial charge in [0.2, 0.25) is 0 Å². The molecule has 42 valence electrons. The van der Waals surface area contributed by atoms with Crippen LogP contribution in [0.2, 0.25) is 0 Å². The van der Waals surface area contributed by atoms with E-state index in [2.05, 4.69) is 15.9 Å². The summed E-state index contributed by atoms with van der Waals surface area (Å²) in [6.07, 6.45) is -0.792. The first kappa shape index (κ1) is 5.51. The average Bonchev–Trinajstić information content (AvgIpc) is 1.91. The Labute approximate surface area is 50.0 Å². The molecule has 0 saturated carbocycles. The van der Waals surface area contributed by atoms with Crippen molar-refractivity contribution in [2.75, 3.05) is 13.2 Å². The van der Waals surface area contributed by atoms with Gasteiger partial charge in [0.25, 0.3) is 0 Å². The molecule has 2 unspecified atom stereocenters. The Balaban J connectivity index is 2.33. The summed E-state index contributed by atoms with van der Waals surface area (Å²) in [5.74, 6) is 0. The maximum Gasteiger partial charge on any atom is 0.138 e. The fraction of sp³-hybridized carbons (Fsp3) is 1.00. The molecule has 0 aliphatic carbocycles. The van der Waals surface area contributed by atoms with Crippen molar-refractivity contribution in [3.8, 4) is 0 Å². The molecular weight excluding hydrogens is 163 g/mol.